The molecule has 1 N–H and O–H groups in total. The summed E-state index contributed by atoms with van der Waals surface area (Å²) in [7, 11) is 0. The lowest BCUT2D eigenvalue weighted by atomic mass is 10.1. The molecule has 5 heteroatoms. The van der Waals surface area contributed by atoms with Crippen LogP contribution < -0.4 is 5.32 Å². The number of nitrogens with zero attached hydrogens (tertiary/aromatic N) is 2. The Morgan fingerprint density at radius 1 is 1.07 bits per heavy atom. The highest BCUT2D eigenvalue weighted by Gasteiger charge is 2.20. The van der Waals surface area contributed by atoms with E-state index in [0.717, 1.165) is 11.3 Å². The molecule has 0 aliphatic heterocycles. The van der Waals surface area contributed by atoms with E-state index in [9.17, 15) is 9.18 Å². The first kappa shape index (κ1) is 19.5. The van der Waals surface area contributed by atoms with Crippen molar-refractivity contribution in [2.45, 2.75) is 33.0 Å². The number of pyridine rings is 1. The zero-order valence-electron chi connectivity index (χ0n) is 16.1. The standard InChI is InChI=1S/C23H24FN3O/c1-17(2)27(16-18-8-4-3-5-9-18)23(28)22-14-20(12-13-25-22)26-15-19-10-6-7-11-21(19)24/h3-14,17H,15-16H2,1-2H3,(H,25,26). The van der Waals surface area contributed by atoms with Crippen molar-refractivity contribution in [3.63, 3.8) is 0 Å². The maximum absolute atomic E-state index is 13.8. The molecule has 0 spiro atoms. The minimum atomic E-state index is -0.255. The van der Waals surface area contributed by atoms with Crippen molar-refractivity contribution in [3.05, 3.63) is 95.6 Å². The molecule has 144 valence electrons. The predicted octanol–water partition coefficient (Wildman–Crippen LogP) is 4.88. The molecule has 4 nitrogen and oxygen atoms in total. The van der Waals surface area contributed by atoms with E-state index in [-0.39, 0.29) is 17.8 Å². The average Bonchev–Trinajstić information content (AvgIpc) is 2.72. The van der Waals surface area contributed by atoms with Gasteiger partial charge in [0.05, 0.1) is 0 Å². The number of amides is 1. The third-order valence-corrected chi connectivity index (χ3v) is 4.50. The third-order valence-electron chi connectivity index (χ3n) is 4.50. The molecule has 0 fully saturated rings. The Labute approximate surface area is 165 Å². The maximum Gasteiger partial charge on any atom is 0.273 e. The molecular formula is C23H24FN3O. The molecule has 0 saturated carbocycles. The SMILES string of the molecule is CC(C)N(Cc1ccccc1)C(=O)c1cc(NCc2ccccc2F)ccn1. The highest BCUT2D eigenvalue weighted by molar-refractivity contribution is 5.93. The summed E-state index contributed by atoms with van der Waals surface area (Å²) in [5.41, 5.74) is 2.73. The van der Waals surface area contributed by atoms with Gasteiger partial charge in [0.2, 0.25) is 0 Å². The highest BCUT2D eigenvalue weighted by Crippen LogP contribution is 2.16. The van der Waals surface area contributed by atoms with Gasteiger partial charge in [-0.25, -0.2) is 4.39 Å². The summed E-state index contributed by atoms with van der Waals surface area (Å²) in [6.45, 7) is 4.83. The van der Waals surface area contributed by atoms with E-state index in [1.807, 2.05) is 44.2 Å². The van der Waals surface area contributed by atoms with Crippen molar-refractivity contribution in [3.8, 4) is 0 Å². The Morgan fingerprint density at radius 3 is 2.50 bits per heavy atom. The van der Waals surface area contributed by atoms with E-state index < -0.39 is 0 Å². The first-order valence-electron chi connectivity index (χ1n) is 9.33. The van der Waals surface area contributed by atoms with Gasteiger partial charge in [0.15, 0.2) is 0 Å². The molecule has 3 aromatic rings. The van der Waals surface area contributed by atoms with E-state index in [0.29, 0.717) is 24.3 Å². The first-order chi connectivity index (χ1) is 13.5. The van der Waals surface area contributed by atoms with Gasteiger partial charge in [0, 0.05) is 36.6 Å². The van der Waals surface area contributed by atoms with E-state index in [2.05, 4.69) is 10.3 Å². The van der Waals surface area contributed by atoms with Crippen LogP contribution in [0.15, 0.2) is 72.9 Å². The van der Waals surface area contributed by atoms with Crippen LogP contribution in [-0.2, 0) is 13.1 Å². The van der Waals surface area contributed by atoms with Gasteiger partial charge in [-0.2, -0.15) is 0 Å². The number of carbonyl (C=O) groups is 1. The Balaban J connectivity index is 1.73. The minimum Gasteiger partial charge on any atom is -0.381 e. The second-order valence-electron chi connectivity index (χ2n) is 6.89. The Kier molecular flexibility index (Phi) is 6.37. The topological polar surface area (TPSA) is 45.2 Å². The van der Waals surface area contributed by atoms with Crippen LogP contribution >= 0.6 is 0 Å². The highest BCUT2D eigenvalue weighted by atomic mass is 19.1. The normalized spacial score (nSPS) is 10.7. The van der Waals surface area contributed by atoms with Crippen LogP contribution in [0.25, 0.3) is 0 Å². The molecule has 0 saturated heterocycles. The molecule has 0 unspecified atom stereocenters. The lowest BCUT2D eigenvalue weighted by Crippen LogP contribution is -2.36. The van der Waals surface area contributed by atoms with Gasteiger partial charge in [-0.3, -0.25) is 9.78 Å². The molecule has 1 amide bonds. The number of carbonyl (C=O) groups excluding carboxylic acids is 1. The number of nitrogens with one attached hydrogen (secondary N) is 1. The molecule has 0 radical (unpaired) electrons. The molecule has 28 heavy (non-hydrogen) atoms. The van der Waals surface area contributed by atoms with Crippen LogP contribution in [0.4, 0.5) is 10.1 Å². The Bertz CT molecular complexity index is 928. The zero-order chi connectivity index (χ0) is 19.9. The lowest BCUT2D eigenvalue weighted by molar-refractivity contribution is 0.0684. The smallest absolute Gasteiger partial charge is 0.273 e. The lowest BCUT2D eigenvalue weighted by Gasteiger charge is -2.26. The quantitative estimate of drug-likeness (QED) is 0.638. The molecule has 1 aromatic heterocycles. The second kappa shape index (κ2) is 9.13. The van der Waals surface area contributed by atoms with Gasteiger partial charge >= 0.3 is 0 Å². The van der Waals surface area contributed by atoms with Gasteiger partial charge in [0.1, 0.15) is 11.5 Å². The number of hydrogen-bond acceptors (Lipinski definition) is 3. The summed E-state index contributed by atoms with van der Waals surface area (Å²) in [6.07, 6.45) is 1.60. The van der Waals surface area contributed by atoms with E-state index >= 15 is 0 Å². The monoisotopic (exact) mass is 377 g/mol. The molecular weight excluding hydrogens is 353 g/mol. The minimum absolute atomic E-state index is 0.0320. The molecule has 1 heterocycles. The molecule has 3 rings (SSSR count). The maximum atomic E-state index is 13.8. The summed E-state index contributed by atoms with van der Waals surface area (Å²) in [6, 6.07) is 20.0. The van der Waals surface area contributed by atoms with Crippen molar-refractivity contribution in [2.24, 2.45) is 0 Å². The number of benzene rings is 2. The zero-order valence-corrected chi connectivity index (χ0v) is 16.1. The van der Waals surface area contributed by atoms with E-state index in [1.165, 1.54) is 6.07 Å². The van der Waals surface area contributed by atoms with Crippen LogP contribution in [0.3, 0.4) is 0 Å². The van der Waals surface area contributed by atoms with Crippen molar-refractivity contribution in [1.82, 2.24) is 9.88 Å². The van der Waals surface area contributed by atoms with Gasteiger partial charge in [-0.15, -0.1) is 0 Å². The first-order valence-corrected chi connectivity index (χ1v) is 9.33. The van der Waals surface area contributed by atoms with E-state index in [1.54, 1.807) is 41.4 Å². The fourth-order valence-electron chi connectivity index (χ4n) is 2.91. The summed E-state index contributed by atoms with van der Waals surface area (Å²) in [5.74, 6) is -0.386. The van der Waals surface area contributed by atoms with Gasteiger partial charge in [0.25, 0.3) is 5.91 Å². The number of aromatic nitrogens is 1. The van der Waals surface area contributed by atoms with Crippen LogP contribution in [0, 0.1) is 5.82 Å². The summed E-state index contributed by atoms with van der Waals surface area (Å²) >= 11 is 0. The summed E-state index contributed by atoms with van der Waals surface area (Å²) in [4.78, 5) is 19.1. The van der Waals surface area contributed by atoms with Crippen molar-refractivity contribution in [2.75, 3.05) is 5.32 Å². The van der Waals surface area contributed by atoms with Crippen molar-refractivity contribution in [1.29, 1.82) is 0 Å². The average molecular weight is 377 g/mol. The fourth-order valence-corrected chi connectivity index (χ4v) is 2.91. The number of hydrogen-bond donors (Lipinski definition) is 1. The predicted molar refractivity (Wildman–Crippen MR) is 109 cm³/mol. The van der Waals surface area contributed by atoms with Crippen LogP contribution in [0.2, 0.25) is 0 Å². The van der Waals surface area contributed by atoms with Crippen LogP contribution in [0.1, 0.15) is 35.5 Å². The number of anilines is 1. The van der Waals surface area contributed by atoms with E-state index in [4.69, 9.17) is 0 Å². The van der Waals surface area contributed by atoms with Crippen molar-refractivity contribution < 1.29 is 9.18 Å². The number of halogens is 1. The van der Waals surface area contributed by atoms with Gasteiger partial charge in [-0.1, -0.05) is 48.5 Å². The fraction of sp³-hybridized carbons (Fsp3) is 0.217. The van der Waals surface area contributed by atoms with Crippen LogP contribution in [0.5, 0.6) is 0 Å². The molecule has 2 aromatic carbocycles. The van der Waals surface area contributed by atoms with Gasteiger partial charge < -0.3 is 10.2 Å². The summed E-state index contributed by atoms with van der Waals surface area (Å²) < 4.78 is 13.8. The molecule has 0 aliphatic carbocycles. The molecule has 0 bridgehead atoms. The third kappa shape index (κ3) is 4.94. The summed E-state index contributed by atoms with van der Waals surface area (Å²) in [5, 5.41) is 3.16. The Hall–Kier alpha value is -3.21. The van der Waals surface area contributed by atoms with Gasteiger partial charge in [-0.05, 0) is 37.6 Å². The van der Waals surface area contributed by atoms with Crippen LogP contribution in [-0.4, -0.2) is 21.8 Å². The largest absolute Gasteiger partial charge is 0.381 e. The van der Waals surface area contributed by atoms with Crippen molar-refractivity contribution >= 4 is 11.6 Å². The number of rotatable bonds is 7. The Morgan fingerprint density at radius 2 is 1.79 bits per heavy atom. The molecule has 0 aliphatic rings. The molecule has 0 atom stereocenters. The second-order valence-corrected chi connectivity index (χ2v) is 6.89.